The molecular weight excluding hydrogens is 218 g/mol. The second-order valence-corrected chi connectivity index (χ2v) is 4.97. The zero-order valence-corrected chi connectivity index (χ0v) is 11.5. The number of nitrogens with one attached hydrogen (secondary N) is 1. The Morgan fingerprint density at radius 2 is 1.06 bits per heavy atom. The minimum absolute atomic E-state index is 0.598. The van der Waals surface area contributed by atoms with Crippen molar-refractivity contribution in [2.45, 2.75) is 27.7 Å². The second-order valence-electron chi connectivity index (χ2n) is 4.97. The van der Waals surface area contributed by atoms with Crippen molar-refractivity contribution in [2.24, 2.45) is 0 Å². The monoisotopic (exact) mass is 237 g/mol. The van der Waals surface area contributed by atoms with Gasteiger partial charge in [0.25, 0.3) is 0 Å². The van der Waals surface area contributed by atoms with Crippen LogP contribution in [0.1, 0.15) is 33.4 Å². The van der Waals surface area contributed by atoms with Crippen LogP contribution in [0, 0.1) is 33.1 Å². The molecule has 0 bridgehead atoms. The summed E-state index contributed by atoms with van der Waals surface area (Å²) in [6.45, 7) is 8.37. The molecule has 0 aromatic heterocycles. The van der Waals surface area contributed by atoms with Crippen molar-refractivity contribution in [3.63, 3.8) is 0 Å². The van der Waals surface area contributed by atoms with Crippen molar-refractivity contribution in [2.75, 3.05) is 0 Å². The summed E-state index contributed by atoms with van der Waals surface area (Å²) in [4.78, 5) is 0. The van der Waals surface area contributed by atoms with E-state index in [2.05, 4.69) is 52.0 Å². The fourth-order valence-electron chi connectivity index (χ4n) is 1.96. The Morgan fingerprint density at radius 1 is 0.667 bits per heavy atom. The van der Waals surface area contributed by atoms with Crippen LogP contribution in [0.3, 0.4) is 0 Å². The van der Waals surface area contributed by atoms with Gasteiger partial charge in [-0.3, -0.25) is 5.41 Å². The Kier molecular flexibility index (Phi) is 3.33. The van der Waals surface area contributed by atoms with Gasteiger partial charge in [0.2, 0.25) is 0 Å². The van der Waals surface area contributed by atoms with Gasteiger partial charge in [-0.1, -0.05) is 24.3 Å². The average Bonchev–Trinajstić information content (AvgIpc) is 2.35. The van der Waals surface area contributed by atoms with Crippen molar-refractivity contribution >= 4 is 5.71 Å². The molecule has 18 heavy (non-hydrogen) atoms. The molecule has 0 unspecified atom stereocenters. The molecule has 0 aliphatic heterocycles. The maximum atomic E-state index is 8.31. The van der Waals surface area contributed by atoms with E-state index in [0.29, 0.717) is 5.71 Å². The zero-order chi connectivity index (χ0) is 13.3. The summed E-state index contributed by atoms with van der Waals surface area (Å²) in [5.74, 6) is 0. The van der Waals surface area contributed by atoms with Gasteiger partial charge in [0, 0.05) is 11.1 Å². The lowest BCUT2D eigenvalue weighted by Crippen LogP contribution is -2.03. The molecule has 0 amide bonds. The van der Waals surface area contributed by atoms with Crippen LogP contribution in [0.25, 0.3) is 0 Å². The summed E-state index contributed by atoms with van der Waals surface area (Å²) >= 11 is 0. The lowest BCUT2D eigenvalue weighted by atomic mass is 9.96. The highest BCUT2D eigenvalue weighted by atomic mass is 14.4. The van der Waals surface area contributed by atoms with E-state index in [9.17, 15) is 0 Å². The van der Waals surface area contributed by atoms with Crippen molar-refractivity contribution in [1.82, 2.24) is 0 Å². The molecule has 1 nitrogen and oxygen atoms in total. The maximum Gasteiger partial charge on any atom is 0.0684 e. The molecule has 0 spiro atoms. The summed E-state index contributed by atoms with van der Waals surface area (Å²) in [6.07, 6.45) is 0. The van der Waals surface area contributed by atoms with Gasteiger partial charge in [0.15, 0.2) is 0 Å². The molecule has 0 radical (unpaired) electrons. The fourth-order valence-corrected chi connectivity index (χ4v) is 1.96. The maximum absolute atomic E-state index is 8.31. The van der Waals surface area contributed by atoms with Crippen LogP contribution in [0.5, 0.6) is 0 Å². The highest BCUT2D eigenvalue weighted by Gasteiger charge is 2.06. The number of rotatable bonds is 2. The molecular formula is C17H19N. The van der Waals surface area contributed by atoms with Crippen LogP contribution >= 0.6 is 0 Å². The summed E-state index contributed by atoms with van der Waals surface area (Å²) in [7, 11) is 0. The third-order valence-electron chi connectivity index (χ3n) is 3.59. The van der Waals surface area contributed by atoms with Crippen LogP contribution in [0.4, 0.5) is 0 Å². The average molecular weight is 237 g/mol. The molecule has 1 N–H and O–H groups in total. The Bertz CT molecular complexity index is 556. The van der Waals surface area contributed by atoms with Gasteiger partial charge in [-0.2, -0.15) is 0 Å². The highest BCUT2D eigenvalue weighted by Crippen LogP contribution is 2.16. The van der Waals surface area contributed by atoms with E-state index >= 15 is 0 Å². The van der Waals surface area contributed by atoms with E-state index in [1.807, 2.05) is 12.1 Å². The molecule has 0 aliphatic carbocycles. The topological polar surface area (TPSA) is 23.9 Å². The van der Waals surface area contributed by atoms with Gasteiger partial charge < -0.3 is 0 Å². The minimum atomic E-state index is 0.598. The number of hydrogen-bond acceptors (Lipinski definition) is 1. The van der Waals surface area contributed by atoms with Gasteiger partial charge in [-0.15, -0.1) is 0 Å². The standard InChI is InChI=1S/C17H19N/c1-11-5-7-15(9-13(11)3)17(18)16-8-6-12(2)14(4)10-16/h5-10,18H,1-4H3. The van der Waals surface area contributed by atoms with Crippen molar-refractivity contribution < 1.29 is 0 Å². The van der Waals surface area contributed by atoms with E-state index in [0.717, 1.165) is 11.1 Å². The summed E-state index contributed by atoms with van der Waals surface area (Å²) in [5, 5.41) is 8.31. The van der Waals surface area contributed by atoms with Gasteiger partial charge in [0.05, 0.1) is 5.71 Å². The number of aryl methyl sites for hydroxylation is 4. The minimum Gasteiger partial charge on any atom is -0.300 e. The largest absolute Gasteiger partial charge is 0.300 e. The van der Waals surface area contributed by atoms with E-state index in [1.54, 1.807) is 0 Å². The van der Waals surface area contributed by atoms with E-state index in [-0.39, 0.29) is 0 Å². The van der Waals surface area contributed by atoms with Crippen LogP contribution in [-0.4, -0.2) is 5.71 Å². The molecule has 0 heterocycles. The van der Waals surface area contributed by atoms with E-state index < -0.39 is 0 Å². The first-order chi connectivity index (χ1) is 8.49. The SMILES string of the molecule is Cc1ccc(C(=N)c2ccc(C)c(C)c2)cc1C. The Hall–Kier alpha value is -1.89. The molecule has 2 aromatic rings. The first kappa shape index (κ1) is 12.6. The molecule has 0 fully saturated rings. The molecule has 0 atom stereocenters. The molecule has 2 aromatic carbocycles. The van der Waals surface area contributed by atoms with Crippen molar-refractivity contribution in [3.8, 4) is 0 Å². The van der Waals surface area contributed by atoms with Gasteiger partial charge in [-0.05, 0) is 62.1 Å². The highest BCUT2D eigenvalue weighted by molar-refractivity contribution is 6.11. The van der Waals surface area contributed by atoms with Crippen molar-refractivity contribution in [1.29, 1.82) is 5.41 Å². The third kappa shape index (κ3) is 2.35. The summed E-state index contributed by atoms with van der Waals surface area (Å²) in [5.41, 5.74) is 7.59. The molecule has 92 valence electrons. The quantitative estimate of drug-likeness (QED) is 0.751. The fraction of sp³-hybridized carbons (Fsp3) is 0.235. The molecule has 0 saturated carbocycles. The Labute approximate surface area is 109 Å². The molecule has 2 rings (SSSR count). The smallest absolute Gasteiger partial charge is 0.0684 e. The second kappa shape index (κ2) is 4.77. The normalized spacial score (nSPS) is 10.4. The number of benzene rings is 2. The summed E-state index contributed by atoms with van der Waals surface area (Å²) in [6, 6.07) is 12.4. The van der Waals surface area contributed by atoms with E-state index in [4.69, 9.17) is 5.41 Å². The van der Waals surface area contributed by atoms with Crippen molar-refractivity contribution in [3.05, 3.63) is 69.8 Å². The van der Waals surface area contributed by atoms with Crippen LogP contribution in [0.15, 0.2) is 36.4 Å². The molecule has 0 saturated heterocycles. The first-order valence-corrected chi connectivity index (χ1v) is 6.23. The number of hydrogen-bond donors (Lipinski definition) is 1. The molecule has 0 aliphatic rings. The lowest BCUT2D eigenvalue weighted by Gasteiger charge is -2.09. The van der Waals surface area contributed by atoms with E-state index in [1.165, 1.54) is 22.3 Å². The predicted octanol–water partition coefficient (Wildman–Crippen LogP) is 4.34. The third-order valence-corrected chi connectivity index (χ3v) is 3.59. The van der Waals surface area contributed by atoms with Crippen LogP contribution in [0.2, 0.25) is 0 Å². The van der Waals surface area contributed by atoms with Gasteiger partial charge >= 0.3 is 0 Å². The van der Waals surface area contributed by atoms with Gasteiger partial charge in [0.1, 0.15) is 0 Å². The van der Waals surface area contributed by atoms with Crippen LogP contribution in [-0.2, 0) is 0 Å². The predicted molar refractivity (Wildman–Crippen MR) is 77.8 cm³/mol. The zero-order valence-electron chi connectivity index (χ0n) is 11.5. The van der Waals surface area contributed by atoms with Gasteiger partial charge in [-0.25, -0.2) is 0 Å². The first-order valence-electron chi connectivity index (χ1n) is 6.23. The Balaban J connectivity index is 2.41. The molecule has 1 heteroatoms. The summed E-state index contributed by atoms with van der Waals surface area (Å²) < 4.78 is 0. The Morgan fingerprint density at radius 3 is 1.39 bits per heavy atom. The lowest BCUT2D eigenvalue weighted by molar-refractivity contribution is 1.31. The van der Waals surface area contributed by atoms with Crippen LogP contribution < -0.4 is 0 Å².